The normalized spacial score (nSPS) is 14.1. The second-order valence-corrected chi connectivity index (χ2v) is 4.92. The van der Waals surface area contributed by atoms with Gasteiger partial charge in [-0.3, -0.25) is 4.79 Å². The number of esters is 1. The van der Waals surface area contributed by atoms with Crippen molar-refractivity contribution in [2.75, 3.05) is 20.2 Å². The number of aryl methyl sites for hydroxylation is 1. The molecular weight excluding hydrogens is 260 g/mol. The van der Waals surface area contributed by atoms with E-state index < -0.39 is 5.97 Å². The molecular formula is C14H20N2O4. The molecule has 1 amide bonds. The Bertz CT molecular complexity index is 491. The van der Waals surface area contributed by atoms with Gasteiger partial charge in [-0.2, -0.15) is 0 Å². The highest BCUT2D eigenvalue weighted by molar-refractivity contribution is 5.90. The van der Waals surface area contributed by atoms with Gasteiger partial charge in [-0.15, -0.1) is 0 Å². The SMILES string of the molecule is COC(=O)c1cc(CNCCNC(=O)C2CC2)oc1C. The minimum Gasteiger partial charge on any atom is -0.465 e. The lowest BCUT2D eigenvalue weighted by molar-refractivity contribution is -0.122. The number of methoxy groups -OCH3 is 1. The van der Waals surface area contributed by atoms with Crippen molar-refractivity contribution in [2.45, 2.75) is 26.3 Å². The fourth-order valence-electron chi connectivity index (χ4n) is 1.92. The Morgan fingerprint density at radius 1 is 1.40 bits per heavy atom. The molecule has 0 aromatic carbocycles. The molecule has 1 aliphatic carbocycles. The van der Waals surface area contributed by atoms with Crippen LogP contribution < -0.4 is 10.6 Å². The first-order valence-electron chi connectivity index (χ1n) is 6.78. The number of amides is 1. The Balaban J connectivity index is 1.68. The van der Waals surface area contributed by atoms with E-state index in [-0.39, 0.29) is 11.8 Å². The summed E-state index contributed by atoms with van der Waals surface area (Å²) in [6, 6.07) is 1.68. The van der Waals surface area contributed by atoms with Gasteiger partial charge in [0.2, 0.25) is 5.91 Å². The molecule has 2 rings (SSSR count). The summed E-state index contributed by atoms with van der Waals surface area (Å²) < 4.78 is 10.1. The van der Waals surface area contributed by atoms with Crippen molar-refractivity contribution in [3.05, 3.63) is 23.2 Å². The molecule has 6 nitrogen and oxygen atoms in total. The Morgan fingerprint density at radius 2 is 2.15 bits per heavy atom. The van der Waals surface area contributed by atoms with Crippen LogP contribution in [-0.4, -0.2) is 32.1 Å². The van der Waals surface area contributed by atoms with Gasteiger partial charge in [-0.05, 0) is 25.8 Å². The molecule has 6 heteroatoms. The number of nitrogens with one attached hydrogen (secondary N) is 2. The first-order valence-corrected chi connectivity index (χ1v) is 6.78. The zero-order valence-corrected chi connectivity index (χ0v) is 11.8. The molecule has 0 bridgehead atoms. The van der Waals surface area contributed by atoms with Gasteiger partial charge < -0.3 is 19.8 Å². The summed E-state index contributed by atoms with van der Waals surface area (Å²) >= 11 is 0. The lowest BCUT2D eigenvalue weighted by atomic mass is 10.2. The quantitative estimate of drug-likeness (QED) is 0.575. The summed E-state index contributed by atoms with van der Waals surface area (Å²) in [4.78, 5) is 22.8. The van der Waals surface area contributed by atoms with Crippen molar-refractivity contribution in [3.63, 3.8) is 0 Å². The van der Waals surface area contributed by atoms with Crippen LogP contribution >= 0.6 is 0 Å². The molecule has 1 fully saturated rings. The number of hydrogen-bond acceptors (Lipinski definition) is 5. The molecule has 0 aliphatic heterocycles. The van der Waals surface area contributed by atoms with Crippen LogP contribution in [0.5, 0.6) is 0 Å². The molecule has 20 heavy (non-hydrogen) atoms. The standard InChI is InChI=1S/C14H20N2O4/c1-9-12(14(18)19-2)7-11(20-9)8-15-5-6-16-13(17)10-3-4-10/h7,10,15H,3-6,8H2,1-2H3,(H,16,17). The van der Waals surface area contributed by atoms with Gasteiger partial charge in [0.15, 0.2) is 0 Å². The minimum absolute atomic E-state index is 0.147. The maximum Gasteiger partial charge on any atom is 0.341 e. The Morgan fingerprint density at radius 3 is 2.80 bits per heavy atom. The minimum atomic E-state index is -0.394. The van der Waals surface area contributed by atoms with Crippen molar-refractivity contribution in [1.29, 1.82) is 0 Å². The van der Waals surface area contributed by atoms with Gasteiger partial charge in [-0.25, -0.2) is 4.79 Å². The highest BCUT2D eigenvalue weighted by Crippen LogP contribution is 2.28. The van der Waals surface area contributed by atoms with Crippen LogP contribution in [-0.2, 0) is 16.1 Å². The fourth-order valence-corrected chi connectivity index (χ4v) is 1.92. The molecule has 1 aromatic rings. The van der Waals surface area contributed by atoms with Gasteiger partial charge in [0.05, 0.1) is 13.7 Å². The maximum absolute atomic E-state index is 11.4. The molecule has 110 valence electrons. The van der Waals surface area contributed by atoms with Crippen LogP contribution in [0.2, 0.25) is 0 Å². The number of carbonyl (C=O) groups is 2. The van der Waals surface area contributed by atoms with Crippen molar-refractivity contribution < 1.29 is 18.7 Å². The average molecular weight is 280 g/mol. The van der Waals surface area contributed by atoms with E-state index in [1.807, 2.05) is 0 Å². The van der Waals surface area contributed by atoms with Crippen LogP contribution in [0.3, 0.4) is 0 Å². The predicted molar refractivity (Wildman–Crippen MR) is 72.2 cm³/mol. The second kappa shape index (κ2) is 6.56. The van der Waals surface area contributed by atoms with E-state index in [0.29, 0.717) is 36.7 Å². The fraction of sp³-hybridized carbons (Fsp3) is 0.571. The zero-order chi connectivity index (χ0) is 14.5. The monoisotopic (exact) mass is 280 g/mol. The molecule has 0 unspecified atom stereocenters. The summed E-state index contributed by atoms with van der Waals surface area (Å²) in [6.07, 6.45) is 2.03. The summed E-state index contributed by atoms with van der Waals surface area (Å²) in [6.45, 7) is 3.49. The van der Waals surface area contributed by atoms with Crippen molar-refractivity contribution in [1.82, 2.24) is 10.6 Å². The smallest absolute Gasteiger partial charge is 0.341 e. The van der Waals surface area contributed by atoms with Gasteiger partial charge >= 0.3 is 5.97 Å². The molecule has 1 aliphatic rings. The summed E-state index contributed by atoms with van der Waals surface area (Å²) in [7, 11) is 1.34. The number of rotatable bonds is 7. The largest absolute Gasteiger partial charge is 0.465 e. The maximum atomic E-state index is 11.4. The number of carbonyl (C=O) groups excluding carboxylic acids is 2. The van der Waals surface area contributed by atoms with Crippen LogP contribution in [0.1, 0.15) is 34.7 Å². The van der Waals surface area contributed by atoms with E-state index in [9.17, 15) is 9.59 Å². The van der Waals surface area contributed by atoms with Crippen molar-refractivity contribution in [2.24, 2.45) is 5.92 Å². The lowest BCUT2D eigenvalue weighted by Crippen LogP contribution is -2.32. The molecule has 0 atom stereocenters. The van der Waals surface area contributed by atoms with Gasteiger partial charge in [0, 0.05) is 19.0 Å². The highest BCUT2D eigenvalue weighted by atomic mass is 16.5. The van der Waals surface area contributed by atoms with Gasteiger partial charge in [-0.1, -0.05) is 0 Å². The van der Waals surface area contributed by atoms with E-state index in [4.69, 9.17) is 4.42 Å². The number of furan rings is 1. The molecule has 0 spiro atoms. The van der Waals surface area contributed by atoms with Crippen LogP contribution in [0.4, 0.5) is 0 Å². The van der Waals surface area contributed by atoms with Crippen LogP contribution in [0.15, 0.2) is 10.5 Å². The number of ether oxygens (including phenoxy) is 1. The highest BCUT2D eigenvalue weighted by Gasteiger charge is 2.28. The Labute approximate surface area is 117 Å². The molecule has 0 radical (unpaired) electrons. The van der Waals surface area contributed by atoms with E-state index in [2.05, 4.69) is 15.4 Å². The van der Waals surface area contributed by atoms with Crippen molar-refractivity contribution in [3.8, 4) is 0 Å². The molecule has 1 aromatic heterocycles. The van der Waals surface area contributed by atoms with E-state index in [1.54, 1.807) is 13.0 Å². The first-order chi connectivity index (χ1) is 9.61. The topological polar surface area (TPSA) is 80.6 Å². The van der Waals surface area contributed by atoms with E-state index in [1.165, 1.54) is 7.11 Å². The molecule has 0 saturated heterocycles. The Kier molecular flexibility index (Phi) is 4.79. The van der Waals surface area contributed by atoms with E-state index >= 15 is 0 Å². The third kappa shape index (κ3) is 3.84. The predicted octanol–water partition coefficient (Wildman–Crippen LogP) is 0.990. The number of hydrogen-bond donors (Lipinski definition) is 2. The second-order valence-electron chi connectivity index (χ2n) is 4.92. The van der Waals surface area contributed by atoms with Crippen LogP contribution in [0, 0.1) is 12.8 Å². The van der Waals surface area contributed by atoms with Gasteiger partial charge in [0.25, 0.3) is 0 Å². The molecule has 1 saturated carbocycles. The van der Waals surface area contributed by atoms with Crippen molar-refractivity contribution >= 4 is 11.9 Å². The summed E-state index contributed by atoms with van der Waals surface area (Å²) in [5.41, 5.74) is 0.450. The summed E-state index contributed by atoms with van der Waals surface area (Å²) in [5, 5.41) is 6.02. The average Bonchev–Trinajstić information content (AvgIpc) is 3.22. The molecule has 2 N–H and O–H groups in total. The first kappa shape index (κ1) is 14.6. The van der Waals surface area contributed by atoms with Gasteiger partial charge in [0.1, 0.15) is 17.1 Å². The lowest BCUT2D eigenvalue weighted by Gasteiger charge is -2.04. The summed E-state index contributed by atoms with van der Waals surface area (Å²) in [5.74, 6) is 1.22. The van der Waals surface area contributed by atoms with E-state index in [0.717, 1.165) is 12.8 Å². The zero-order valence-electron chi connectivity index (χ0n) is 11.8. The Hall–Kier alpha value is -1.82. The van der Waals surface area contributed by atoms with Crippen LogP contribution in [0.25, 0.3) is 0 Å². The third-order valence-corrected chi connectivity index (χ3v) is 3.22. The third-order valence-electron chi connectivity index (χ3n) is 3.22. The molecule has 1 heterocycles.